The molecule has 2 amide bonds. The Labute approximate surface area is 278 Å². The van der Waals surface area contributed by atoms with Gasteiger partial charge in [-0.05, 0) is 60.2 Å². The van der Waals surface area contributed by atoms with Crippen molar-refractivity contribution in [1.29, 1.82) is 0 Å². The van der Waals surface area contributed by atoms with Crippen molar-refractivity contribution in [3.8, 4) is 23.0 Å². The number of methoxy groups -OCH3 is 2. The van der Waals surface area contributed by atoms with Gasteiger partial charge in [0.1, 0.15) is 11.5 Å². The Bertz CT molecular complexity index is 2020. The summed E-state index contributed by atoms with van der Waals surface area (Å²) in [5.41, 5.74) is 4.75. The van der Waals surface area contributed by atoms with E-state index in [1.807, 2.05) is 30.3 Å². The van der Waals surface area contributed by atoms with Crippen LogP contribution < -0.4 is 25.3 Å². The zero-order chi connectivity index (χ0) is 34.8. The van der Waals surface area contributed by atoms with E-state index in [2.05, 4.69) is 15.3 Å². The first-order chi connectivity index (χ1) is 23.5. The molecule has 1 aliphatic rings. The highest BCUT2D eigenvalue weighted by atomic mass is 19.4. The van der Waals surface area contributed by atoms with Crippen LogP contribution in [0.25, 0.3) is 10.9 Å². The Balaban J connectivity index is 1.38. The van der Waals surface area contributed by atoms with Gasteiger partial charge in [0.25, 0.3) is 5.91 Å². The van der Waals surface area contributed by atoms with E-state index in [0.717, 1.165) is 17.7 Å². The number of benzene rings is 3. The predicted octanol–water partition coefficient (Wildman–Crippen LogP) is 6.22. The first-order valence-electron chi connectivity index (χ1n) is 15.0. The summed E-state index contributed by atoms with van der Waals surface area (Å²) in [6.45, 7) is 0.128. The summed E-state index contributed by atoms with van der Waals surface area (Å²) in [5, 5.41) is 3.66. The maximum absolute atomic E-state index is 14.4. The number of hydrogen-bond donors (Lipinski definition) is 2. The molecule has 3 N–H and O–H groups in total. The molecule has 5 aromatic rings. The highest BCUT2D eigenvalue weighted by Crippen LogP contribution is 2.39. The molecule has 1 aliphatic heterocycles. The van der Waals surface area contributed by atoms with E-state index in [1.54, 1.807) is 36.5 Å². The number of fused-ring (bicyclic) bond motifs is 1. The number of carbonyl (C=O) groups is 2. The Morgan fingerprint density at radius 3 is 2.29 bits per heavy atom. The quantitative estimate of drug-likeness (QED) is 0.168. The molecule has 0 fully saturated rings. The minimum absolute atomic E-state index is 0.00941. The van der Waals surface area contributed by atoms with Gasteiger partial charge in [-0.2, -0.15) is 13.2 Å². The summed E-state index contributed by atoms with van der Waals surface area (Å²) >= 11 is 0. The first kappa shape index (κ1) is 32.8. The fourth-order valence-electron chi connectivity index (χ4n) is 5.75. The number of ether oxygens (including phenoxy) is 3. The molecule has 3 aromatic carbocycles. The predicted molar refractivity (Wildman–Crippen MR) is 175 cm³/mol. The van der Waals surface area contributed by atoms with Crippen LogP contribution in [0.4, 0.5) is 18.9 Å². The number of halogens is 3. The molecule has 3 heterocycles. The van der Waals surface area contributed by atoms with Crippen molar-refractivity contribution in [2.24, 2.45) is 5.73 Å². The third kappa shape index (κ3) is 6.30. The molecular weight excluding hydrogens is 639 g/mol. The number of aromatic nitrogens is 2. The summed E-state index contributed by atoms with van der Waals surface area (Å²) < 4.78 is 56.7. The van der Waals surface area contributed by atoms with E-state index < -0.39 is 35.0 Å². The van der Waals surface area contributed by atoms with Gasteiger partial charge in [0.05, 0.1) is 49.8 Å². The van der Waals surface area contributed by atoms with Crippen molar-refractivity contribution >= 4 is 28.4 Å². The zero-order valence-electron chi connectivity index (χ0n) is 26.3. The number of amides is 2. The van der Waals surface area contributed by atoms with Crippen molar-refractivity contribution in [3.63, 3.8) is 0 Å². The second kappa shape index (κ2) is 13.2. The van der Waals surface area contributed by atoms with E-state index in [-0.39, 0.29) is 23.7 Å². The van der Waals surface area contributed by atoms with Crippen molar-refractivity contribution in [3.05, 3.63) is 126 Å². The van der Waals surface area contributed by atoms with Crippen molar-refractivity contribution in [1.82, 2.24) is 14.9 Å². The number of rotatable bonds is 10. The lowest BCUT2D eigenvalue weighted by molar-refractivity contribution is -0.143. The van der Waals surface area contributed by atoms with E-state index in [9.17, 15) is 22.8 Å². The first-order valence-corrected chi connectivity index (χ1v) is 15.0. The molecule has 0 spiro atoms. The maximum Gasteiger partial charge on any atom is 0.416 e. The van der Waals surface area contributed by atoms with Gasteiger partial charge < -0.3 is 30.2 Å². The Morgan fingerprint density at radius 2 is 1.65 bits per heavy atom. The van der Waals surface area contributed by atoms with Gasteiger partial charge in [-0.3, -0.25) is 19.6 Å². The molecule has 2 atom stereocenters. The molecule has 2 unspecified atom stereocenters. The smallest absolute Gasteiger partial charge is 0.416 e. The SMILES string of the molecule is COc1cc2nccc(Oc3ccc(C4(C(N)=O)C(=O)N(Cc5ccccc5)C=CC4Nc4ccc(C(F)(F)F)cc4)nc3)c2cc1OC. The highest BCUT2D eigenvalue weighted by molar-refractivity contribution is 6.12. The van der Waals surface area contributed by atoms with Crippen molar-refractivity contribution in [2.75, 3.05) is 19.5 Å². The molecule has 49 heavy (non-hydrogen) atoms. The molecule has 13 heteroatoms. The second-order valence-electron chi connectivity index (χ2n) is 11.1. The van der Waals surface area contributed by atoms with E-state index >= 15 is 0 Å². The number of primary amides is 1. The average molecular weight is 670 g/mol. The van der Waals surface area contributed by atoms with Gasteiger partial charge in [-0.25, -0.2) is 0 Å². The summed E-state index contributed by atoms with van der Waals surface area (Å²) in [6, 6.07) is 20.4. The minimum Gasteiger partial charge on any atom is -0.493 e. The van der Waals surface area contributed by atoms with E-state index in [0.29, 0.717) is 28.2 Å². The van der Waals surface area contributed by atoms with Crippen LogP contribution in [0.3, 0.4) is 0 Å². The van der Waals surface area contributed by atoms with Crippen LogP contribution >= 0.6 is 0 Å². The maximum atomic E-state index is 14.4. The molecule has 0 saturated carbocycles. The lowest BCUT2D eigenvalue weighted by Crippen LogP contribution is -2.63. The number of nitrogens with one attached hydrogen (secondary N) is 1. The number of alkyl halides is 3. The molecule has 0 radical (unpaired) electrons. The van der Waals surface area contributed by atoms with Gasteiger partial charge >= 0.3 is 6.18 Å². The Morgan fingerprint density at radius 1 is 0.939 bits per heavy atom. The largest absolute Gasteiger partial charge is 0.493 e. The fraction of sp³-hybridized carbons (Fsp3) is 0.167. The second-order valence-corrected chi connectivity index (χ2v) is 11.1. The standard InChI is InChI=1S/C36H30F3N5O5/c1-47-29-18-26-27(19-30(29)48-2)41-16-14-28(26)49-25-12-13-31(42-20-25)35(33(40)45)32(43-24-10-8-23(9-11-24)36(37,38)39)15-17-44(34(35)46)21-22-6-4-3-5-7-22/h3-20,32,43H,21H2,1-2H3,(H2,40,45). The van der Waals surface area contributed by atoms with E-state index in [1.165, 1.54) is 49.7 Å². The third-order valence-corrected chi connectivity index (χ3v) is 8.22. The van der Waals surface area contributed by atoms with Gasteiger partial charge in [0, 0.05) is 29.5 Å². The topological polar surface area (TPSA) is 129 Å². The molecule has 0 aliphatic carbocycles. The summed E-state index contributed by atoms with van der Waals surface area (Å²) in [4.78, 5) is 38.2. The van der Waals surface area contributed by atoms with Crippen molar-refractivity contribution < 1.29 is 37.0 Å². The summed E-state index contributed by atoms with van der Waals surface area (Å²) in [7, 11) is 3.04. The lowest BCUT2D eigenvalue weighted by atomic mass is 9.72. The lowest BCUT2D eigenvalue weighted by Gasteiger charge is -2.41. The average Bonchev–Trinajstić information content (AvgIpc) is 3.10. The van der Waals surface area contributed by atoms with Crippen LogP contribution in [-0.4, -0.2) is 46.9 Å². The molecule has 0 saturated heterocycles. The molecule has 10 nitrogen and oxygen atoms in total. The monoisotopic (exact) mass is 669 g/mol. The molecule has 0 bridgehead atoms. The van der Waals surface area contributed by atoms with Crippen molar-refractivity contribution in [2.45, 2.75) is 24.2 Å². The number of carbonyl (C=O) groups excluding carboxylic acids is 2. The van der Waals surface area contributed by atoms with Crippen LogP contribution in [-0.2, 0) is 27.7 Å². The third-order valence-electron chi connectivity index (χ3n) is 8.22. The normalized spacial score (nSPS) is 17.5. The van der Waals surface area contributed by atoms with Crippen LogP contribution in [0.1, 0.15) is 16.8 Å². The number of nitrogens with two attached hydrogens (primary N) is 1. The summed E-state index contributed by atoms with van der Waals surface area (Å²) in [5.74, 6) is -0.00472. The highest BCUT2D eigenvalue weighted by Gasteiger charge is 2.56. The van der Waals surface area contributed by atoms with Gasteiger partial charge in [0.15, 0.2) is 16.9 Å². The van der Waals surface area contributed by atoms with E-state index in [4.69, 9.17) is 19.9 Å². The molecule has 6 rings (SSSR count). The van der Waals surface area contributed by atoms with Gasteiger partial charge in [-0.15, -0.1) is 0 Å². The number of hydrogen-bond acceptors (Lipinski definition) is 8. The Kier molecular flexibility index (Phi) is 8.83. The molecule has 2 aromatic heterocycles. The Hall–Kier alpha value is -6.11. The molecular formula is C36H30F3N5O5. The minimum atomic E-state index is -4.54. The van der Waals surface area contributed by atoms with Gasteiger partial charge in [0.2, 0.25) is 5.91 Å². The zero-order valence-corrected chi connectivity index (χ0v) is 26.3. The number of pyridine rings is 2. The number of anilines is 1. The van der Waals surface area contributed by atoms with Crippen LogP contribution in [0.15, 0.2) is 110 Å². The van der Waals surface area contributed by atoms with Crippen LogP contribution in [0, 0.1) is 0 Å². The molecule has 250 valence electrons. The van der Waals surface area contributed by atoms with Crippen LogP contribution in [0.2, 0.25) is 0 Å². The van der Waals surface area contributed by atoms with Crippen LogP contribution in [0.5, 0.6) is 23.0 Å². The summed E-state index contributed by atoms with van der Waals surface area (Å²) in [6.07, 6.45) is 1.48. The van der Waals surface area contributed by atoms with Gasteiger partial charge in [-0.1, -0.05) is 30.3 Å². The number of nitrogens with zero attached hydrogens (tertiary/aromatic N) is 3. The fourth-order valence-corrected chi connectivity index (χ4v) is 5.75.